The predicted molar refractivity (Wildman–Crippen MR) is 249 cm³/mol. The van der Waals surface area contributed by atoms with Gasteiger partial charge in [0.25, 0.3) is 11.5 Å². The fraction of sp³-hybridized carbons (Fsp3) is 0.511. The van der Waals surface area contributed by atoms with Crippen LogP contribution in [0, 0.1) is 30.1 Å². The standard InChI is InChI=1S/C45H61N7O9S2/c1-8-20-52(27-31-9-14-36-35(26-31)42(58)51-44(47)50-36)33-12-10-32(11-13-33)41(57)49-37(43(59)61-45(5,6)7)15-16-39(55)60-21-23-63-62-22-17-34(53)24-28(2)30(4)38(54)25-29(3)40(56)48-19-18-46/h1,9-14,26,28-30,37H,15-25,27,46H2,2-7H3,(H,48,56)(H,49,57)(H3,47,50,51,58). The number of rotatable bonds is 26. The van der Waals surface area contributed by atoms with Crippen molar-refractivity contribution in [3.05, 3.63) is 63.9 Å². The van der Waals surface area contributed by atoms with Crippen LogP contribution in [0.15, 0.2) is 47.3 Å². The molecule has 0 bridgehead atoms. The Balaban J connectivity index is 1.45. The highest BCUT2D eigenvalue weighted by atomic mass is 33.1. The van der Waals surface area contributed by atoms with Crippen LogP contribution in [0.25, 0.3) is 10.9 Å². The molecule has 0 radical (unpaired) electrons. The van der Waals surface area contributed by atoms with Crippen molar-refractivity contribution in [2.24, 2.45) is 23.5 Å². The lowest BCUT2D eigenvalue weighted by molar-refractivity contribution is -0.157. The minimum absolute atomic E-state index is 0.0279. The molecule has 0 fully saturated rings. The van der Waals surface area contributed by atoms with Gasteiger partial charge in [0.15, 0.2) is 0 Å². The highest BCUT2D eigenvalue weighted by molar-refractivity contribution is 8.76. The van der Waals surface area contributed by atoms with Crippen molar-refractivity contribution in [2.45, 2.75) is 91.8 Å². The highest BCUT2D eigenvalue weighted by Crippen LogP contribution is 2.25. The Hall–Kier alpha value is -5.38. The highest BCUT2D eigenvalue weighted by Gasteiger charge is 2.29. The number of terminal acetylenes is 1. The van der Waals surface area contributed by atoms with E-state index in [1.807, 2.05) is 17.9 Å². The molecular formula is C45H61N7O9S2. The van der Waals surface area contributed by atoms with Crippen LogP contribution < -0.4 is 32.6 Å². The maximum Gasteiger partial charge on any atom is 0.329 e. The lowest BCUT2D eigenvalue weighted by atomic mass is 9.84. The molecule has 0 saturated carbocycles. The number of esters is 2. The molecule has 7 N–H and O–H groups in total. The number of anilines is 2. The SMILES string of the molecule is C#CCN(Cc1ccc2nc(N)[nH]c(=O)c2c1)c1ccc(C(=O)NC(CCC(=O)OCCSSCCC(=O)CC(C)C(C)C(=O)CC(C)C(=O)NCCN)C(=O)OC(C)(C)C)cc1. The van der Waals surface area contributed by atoms with E-state index in [-0.39, 0.29) is 85.2 Å². The second-order valence-electron chi connectivity index (χ2n) is 16.3. The number of aromatic amines is 1. The summed E-state index contributed by atoms with van der Waals surface area (Å²) in [6.45, 7) is 11.9. The zero-order valence-electron chi connectivity index (χ0n) is 37.0. The third kappa shape index (κ3) is 18.1. The lowest BCUT2D eigenvalue weighted by Gasteiger charge is -2.25. The Kier molecular flexibility index (Phi) is 21.2. The summed E-state index contributed by atoms with van der Waals surface area (Å²) in [6.07, 6.45) is 6.17. The van der Waals surface area contributed by atoms with Gasteiger partial charge in [-0.05, 0) is 75.1 Å². The first-order valence-corrected chi connectivity index (χ1v) is 23.3. The molecule has 4 atom stereocenters. The molecule has 16 nitrogen and oxygen atoms in total. The number of carbonyl (C=O) groups excluding carboxylic acids is 6. The molecule has 4 unspecified atom stereocenters. The van der Waals surface area contributed by atoms with Crippen molar-refractivity contribution in [2.75, 3.05) is 48.4 Å². The molecule has 0 aliphatic heterocycles. The predicted octanol–water partition coefficient (Wildman–Crippen LogP) is 4.58. The summed E-state index contributed by atoms with van der Waals surface area (Å²) in [7, 11) is 2.93. The van der Waals surface area contributed by atoms with Crippen LogP contribution in [0.4, 0.5) is 11.6 Å². The van der Waals surface area contributed by atoms with Gasteiger partial charge < -0.3 is 36.5 Å². The van der Waals surface area contributed by atoms with Gasteiger partial charge in [0.05, 0.1) is 17.4 Å². The number of fused-ring (bicyclic) bond motifs is 1. The second-order valence-corrected chi connectivity index (χ2v) is 19.0. The van der Waals surface area contributed by atoms with E-state index in [0.717, 1.165) is 5.56 Å². The molecular weight excluding hydrogens is 847 g/mol. The summed E-state index contributed by atoms with van der Waals surface area (Å²) in [6, 6.07) is 10.8. The van der Waals surface area contributed by atoms with Crippen molar-refractivity contribution in [3.8, 4) is 12.3 Å². The van der Waals surface area contributed by atoms with Gasteiger partial charge in [-0.2, -0.15) is 0 Å². The number of carbonyl (C=O) groups is 6. The third-order valence-corrected chi connectivity index (χ3v) is 12.2. The second kappa shape index (κ2) is 25.7. The topological polar surface area (TPSA) is 246 Å². The summed E-state index contributed by atoms with van der Waals surface area (Å²) in [5.74, 6) is 0.707. The fourth-order valence-corrected chi connectivity index (χ4v) is 8.12. The van der Waals surface area contributed by atoms with E-state index < -0.39 is 35.4 Å². The number of nitrogen functional groups attached to an aromatic ring is 1. The molecule has 0 saturated heterocycles. The zero-order chi connectivity index (χ0) is 46.7. The Morgan fingerprint density at radius 3 is 2.35 bits per heavy atom. The van der Waals surface area contributed by atoms with Crippen LogP contribution in [0.1, 0.15) is 89.6 Å². The van der Waals surface area contributed by atoms with E-state index in [1.165, 1.54) is 21.6 Å². The Bertz CT molecular complexity index is 2150. The molecule has 63 heavy (non-hydrogen) atoms. The minimum atomic E-state index is -1.13. The normalized spacial score (nSPS) is 13.2. The molecule has 3 rings (SSSR count). The van der Waals surface area contributed by atoms with Crippen molar-refractivity contribution in [1.82, 2.24) is 20.6 Å². The van der Waals surface area contributed by atoms with Crippen molar-refractivity contribution in [3.63, 3.8) is 0 Å². The maximum absolute atomic E-state index is 13.4. The summed E-state index contributed by atoms with van der Waals surface area (Å²) in [5, 5.41) is 5.78. The number of ketones is 2. The van der Waals surface area contributed by atoms with Gasteiger partial charge in [0.1, 0.15) is 29.8 Å². The van der Waals surface area contributed by atoms with Gasteiger partial charge in [-0.15, -0.1) is 6.42 Å². The first-order chi connectivity index (χ1) is 29.8. The summed E-state index contributed by atoms with van der Waals surface area (Å²) >= 11 is 0. The molecule has 0 spiro atoms. The van der Waals surface area contributed by atoms with E-state index in [2.05, 4.69) is 26.5 Å². The molecule has 0 aliphatic rings. The number of amides is 2. The number of nitrogens with two attached hydrogens (primary N) is 2. The van der Waals surface area contributed by atoms with E-state index in [9.17, 15) is 33.6 Å². The van der Waals surface area contributed by atoms with Crippen LogP contribution in [0.3, 0.4) is 0 Å². The average molecular weight is 908 g/mol. The Morgan fingerprint density at radius 1 is 0.984 bits per heavy atom. The van der Waals surface area contributed by atoms with Crippen LogP contribution in [0.5, 0.6) is 0 Å². The largest absolute Gasteiger partial charge is 0.465 e. The van der Waals surface area contributed by atoms with Gasteiger partial charge in [0.2, 0.25) is 11.9 Å². The molecule has 1 heterocycles. The van der Waals surface area contributed by atoms with Gasteiger partial charge in [-0.25, -0.2) is 9.78 Å². The first kappa shape index (κ1) is 52.0. The monoisotopic (exact) mass is 907 g/mol. The third-order valence-electron chi connectivity index (χ3n) is 9.86. The molecule has 3 aromatic rings. The fourth-order valence-electron chi connectivity index (χ4n) is 6.26. The van der Waals surface area contributed by atoms with Gasteiger partial charge in [0, 0.05) is 79.9 Å². The van der Waals surface area contributed by atoms with Crippen LogP contribution in [-0.4, -0.2) is 94.7 Å². The number of hydrogen-bond acceptors (Lipinski definition) is 15. The first-order valence-electron chi connectivity index (χ1n) is 20.8. The number of nitrogens with zero attached hydrogens (tertiary/aromatic N) is 2. The van der Waals surface area contributed by atoms with Crippen LogP contribution in [-0.2, 0) is 40.0 Å². The van der Waals surface area contributed by atoms with E-state index in [4.69, 9.17) is 27.4 Å². The number of aromatic nitrogens is 2. The van der Waals surface area contributed by atoms with Crippen molar-refractivity contribution < 1.29 is 38.2 Å². The molecule has 2 aromatic carbocycles. The quantitative estimate of drug-likeness (QED) is 0.0320. The van der Waals surface area contributed by atoms with Crippen molar-refractivity contribution >= 4 is 79.4 Å². The smallest absolute Gasteiger partial charge is 0.329 e. The van der Waals surface area contributed by atoms with Gasteiger partial charge >= 0.3 is 11.9 Å². The molecule has 342 valence electrons. The number of benzene rings is 2. The van der Waals surface area contributed by atoms with Gasteiger partial charge in [-0.1, -0.05) is 54.3 Å². The summed E-state index contributed by atoms with van der Waals surface area (Å²) in [4.78, 5) is 97.6. The summed E-state index contributed by atoms with van der Waals surface area (Å²) in [5.41, 5.74) is 12.1. The molecule has 2 amide bonds. The van der Waals surface area contributed by atoms with Crippen LogP contribution in [0.2, 0.25) is 0 Å². The molecule has 18 heteroatoms. The minimum Gasteiger partial charge on any atom is -0.465 e. The van der Waals surface area contributed by atoms with Crippen LogP contribution >= 0.6 is 21.6 Å². The average Bonchev–Trinajstić information content (AvgIpc) is 3.22. The number of hydrogen-bond donors (Lipinski definition) is 5. The number of ether oxygens (including phenoxy) is 2. The number of H-pyrrole nitrogens is 1. The Morgan fingerprint density at radius 2 is 1.68 bits per heavy atom. The number of nitrogens with one attached hydrogen (secondary N) is 3. The maximum atomic E-state index is 13.4. The zero-order valence-corrected chi connectivity index (χ0v) is 38.6. The van der Waals surface area contributed by atoms with E-state index in [0.29, 0.717) is 54.2 Å². The molecule has 1 aromatic heterocycles. The molecule has 0 aliphatic carbocycles. The summed E-state index contributed by atoms with van der Waals surface area (Å²) < 4.78 is 10.9. The van der Waals surface area contributed by atoms with E-state index >= 15 is 0 Å². The van der Waals surface area contributed by atoms with Crippen molar-refractivity contribution in [1.29, 1.82) is 0 Å². The Labute approximate surface area is 376 Å². The lowest BCUT2D eigenvalue weighted by Crippen LogP contribution is -2.44. The van der Waals surface area contributed by atoms with Gasteiger partial charge in [-0.3, -0.25) is 33.8 Å². The number of Topliss-reactive ketones (excluding diaryl/α,β-unsaturated/α-hetero) is 2. The van der Waals surface area contributed by atoms with E-state index in [1.54, 1.807) is 71.0 Å².